The van der Waals surface area contributed by atoms with Crippen LogP contribution in [0.5, 0.6) is 0 Å². The summed E-state index contributed by atoms with van der Waals surface area (Å²) >= 11 is 0. The fraction of sp³-hybridized carbons (Fsp3) is 1.00. The van der Waals surface area contributed by atoms with Crippen LogP contribution in [0, 0.1) is 5.41 Å². The molecule has 1 aliphatic carbocycles. The molecule has 1 saturated heterocycles. The first-order chi connectivity index (χ1) is 9.76. The van der Waals surface area contributed by atoms with E-state index >= 15 is 0 Å². The van der Waals surface area contributed by atoms with Crippen molar-refractivity contribution in [2.24, 2.45) is 5.41 Å². The van der Waals surface area contributed by atoms with Gasteiger partial charge in [0.15, 0.2) is 0 Å². The van der Waals surface area contributed by atoms with Gasteiger partial charge >= 0.3 is 0 Å². The van der Waals surface area contributed by atoms with E-state index in [1.807, 2.05) is 0 Å². The Hall–Kier alpha value is -0.120. The molecular formula is C17H34N2O. The van der Waals surface area contributed by atoms with E-state index in [1.165, 1.54) is 57.9 Å². The average Bonchev–Trinajstić information content (AvgIpc) is 2.49. The number of nitrogens with zero attached hydrogens (tertiary/aromatic N) is 1. The quantitative estimate of drug-likeness (QED) is 0.726. The van der Waals surface area contributed by atoms with Crippen LogP contribution in [0.4, 0.5) is 0 Å². The molecule has 1 N–H and O–H groups in total. The van der Waals surface area contributed by atoms with Crippen molar-refractivity contribution >= 4 is 0 Å². The lowest BCUT2D eigenvalue weighted by atomic mass is 9.81. The zero-order chi connectivity index (χ0) is 14.3. The minimum Gasteiger partial charge on any atom is -0.381 e. The maximum atomic E-state index is 5.84. The fourth-order valence-electron chi connectivity index (χ4n) is 3.94. The molecule has 3 heteroatoms. The second-order valence-electron chi connectivity index (χ2n) is 7.04. The monoisotopic (exact) mass is 282 g/mol. The smallest absolute Gasteiger partial charge is 0.0546 e. The van der Waals surface area contributed by atoms with Gasteiger partial charge in [-0.25, -0.2) is 0 Å². The zero-order valence-electron chi connectivity index (χ0n) is 13.6. The van der Waals surface area contributed by atoms with Crippen LogP contribution in [0.3, 0.4) is 0 Å². The Labute approximate surface area is 125 Å². The SMILES string of the molecule is CCCNCC1(CN(C)C2CCCCC2)CCCOC1. The molecule has 1 unspecified atom stereocenters. The molecule has 0 radical (unpaired) electrons. The highest BCUT2D eigenvalue weighted by molar-refractivity contribution is 4.88. The predicted molar refractivity (Wildman–Crippen MR) is 85.1 cm³/mol. The molecule has 0 aromatic carbocycles. The van der Waals surface area contributed by atoms with E-state index < -0.39 is 0 Å². The van der Waals surface area contributed by atoms with Gasteiger partial charge in [0.25, 0.3) is 0 Å². The van der Waals surface area contributed by atoms with Gasteiger partial charge in [-0.3, -0.25) is 0 Å². The third-order valence-electron chi connectivity index (χ3n) is 5.11. The van der Waals surface area contributed by atoms with Gasteiger partial charge in [0.2, 0.25) is 0 Å². The summed E-state index contributed by atoms with van der Waals surface area (Å²) in [5.74, 6) is 0. The molecule has 2 fully saturated rings. The molecule has 0 spiro atoms. The molecule has 20 heavy (non-hydrogen) atoms. The second-order valence-corrected chi connectivity index (χ2v) is 7.04. The number of rotatable bonds is 7. The molecule has 0 aromatic rings. The lowest BCUT2D eigenvalue weighted by Crippen LogP contribution is -2.50. The summed E-state index contributed by atoms with van der Waals surface area (Å²) in [5, 5.41) is 3.65. The molecule has 0 bridgehead atoms. The van der Waals surface area contributed by atoms with E-state index in [2.05, 4.69) is 24.2 Å². The van der Waals surface area contributed by atoms with Crippen molar-refractivity contribution in [3.05, 3.63) is 0 Å². The van der Waals surface area contributed by atoms with Gasteiger partial charge in [0.05, 0.1) is 6.61 Å². The van der Waals surface area contributed by atoms with Gasteiger partial charge in [-0.05, 0) is 45.7 Å². The normalized spacial score (nSPS) is 28.9. The molecule has 2 rings (SSSR count). The Morgan fingerprint density at radius 2 is 2.00 bits per heavy atom. The first-order valence-electron chi connectivity index (χ1n) is 8.74. The molecule has 3 nitrogen and oxygen atoms in total. The van der Waals surface area contributed by atoms with Gasteiger partial charge in [0, 0.05) is 31.2 Å². The van der Waals surface area contributed by atoms with E-state index in [-0.39, 0.29) is 0 Å². The van der Waals surface area contributed by atoms with E-state index in [1.54, 1.807) is 0 Å². The molecule has 0 amide bonds. The molecule has 2 aliphatic rings. The molecule has 1 saturated carbocycles. The second kappa shape index (κ2) is 8.35. The Morgan fingerprint density at radius 3 is 2.65 bits per heavy atom. The van der Waals surface area contributed by atoms with Crippen LogP contribution in [-0.4, -0.2) is 50.8 Å². The summed E-state index contributed by atoms with van der Waals surface area (Å²) in [6, 6.07) is 0.814. The van der Waals surface area contributed by atoms with Crippen LogP contribution in [-0.2, 0) is 4.74 Å². The van der Waals surface area contributed by atoms with Crippen molar-refractivity contribution in [1.29, 1.82) is 0 Å². The van der Waals surface area contributed by atoms with Gasteiger partial charge in [0.1, 0.15) is 0 Å². The Morgan fingerprint density at radius 1 is 1.20 bits per heavy atom. The van der Waals surface area contributed by atoms with Crippen molar-refractivity contribution in [3.8, 4) is 0 Å². The minimum atomic E-state index is 0.347. The highest BCUT2D eigenvalue weighted by Crippen LogP contribution is 2.31. The van der Waals surface area contributed by atoms with E-state index in [0.717, 1.165) is 32.3 Å². The first kappa shape index (κ1) is 16.3. The van der Waals surface area contributed by atoms with Gasteiger partial charge in [-0.15, -0.1) is 0 Å². The average molecular weight is 282 g/mol. The number of ether oxygens (including phenoxy) is 1. The highest BCUT2D eigenvalue weighted by atomic mass is 16.5. The largest absolute Gasteiger partial charge is 0.381 e. The van der Waals surface area contributed by atoms with Gasteiger partial charge < -0.3 is 15.0 Å². The summed E-state index contributed by atoms with van der Waals surface area (Å²) in [6.07, 6.45) is 10.9. The number of hydrogen-bond acceptors (Lipinski definition) is 3. The van der Waals surface area contributed by atoms with Crippen molar-refractivity contribution in [2.75, 3.05) is 39.9 Å². The van der Waals surface area contributed by atoms with E-state index in [0.29, 0.717) is 5.41 Å². The molecule has 1 heterocycles. The maximum Gasteiger partial charge on any atom is 0.0546 e. The number of hydrogen-bond donors (Lipinski definition) is 1. The Balaban J connectivity index is 1.88. The summed E-state index contributed by atoms with van der Waals surface area (Å²) in [4.78, 5) is 2.64. The molecule has 0 aromatic heterocycles. The summed E-state index contributed by atoms with van der Waals surface area (Å²) in [6.45, 7) is 7.61. The van der Waals surface area contributed by atoms with Crippen molar-refractivity contribution < 1.29 is 4.74 Å². The molecular weight excluding hydrogens is 248 g/mol. The topological polar surface area (TPSA) is 24.5 Å². The van der Waals surface area contributed by atoms with E-state index in [9.17, 15) is 0 Å². The lowest BCUT2D eigenvalue weighted by Gasteiger charge is -2.43. The van der Waals surface area contributed by atoms with Crippen LogP contribution >= 0.6 is 0 Å². The van der Waals surface area contributed by atoms with Crippen molar-refractivity contribution in [2.45, 2.75) is 64.3 Å². The van der Waals surface area contributed by atoms with Gasteiger partial charge in [-0.2, -0.15) is 0 Å². The predicted octanol–water partition coefficient (Wildman–Crippen LogP) is 3.05. The van der Waals surface area contributed by atoms with Crippen LogP contribution < -0.4 is 5.32 Å². The first-order valence-corrected chi connectivity index (χ1v) is 8.74. The van der Waals surface area contributed by atoms with Crippen LogP contribution in [0.25, 0.3) is 0 Å². The summed E-state index contributed by atoms with van der Waals surface area (Å²) < 4.78 is 5.84. The van der Waals surface area contributed by atoms with Crippen molar-refractivity contribution in [1.82, 2.24) is 10.2 Å². The zero-order valence-corrected chi connectivity index (χ0v) is 13.6. The fourth-order valence-corrected chi connectivity index (χ4v) is 3.94. The Bertz CT molecular complexity index is 258. The maximum absolute atomic E-state index is 5.84. The van der Waals surface area contributed by atoms with Crippen LogP contribution in [0.1, 0.15) is 58.3 Å². The molecule has 1 atom stereocenters. The third kappa shape index (κ3) is 4.71. The molecule has 1 aliphatic heterocycles. The van der Waals surface area contributed by atoms with E-state index in [4.69, 9.17) is 4.74 Å². The summed E-state index contributed by atoms with van der Waals surface area (Å²) in [5.41, 5.74) is 0.347. The van der Waals surface area contributed by atoms with Crippen LogP contribution in [0.2, 0.25) is 0 Å². The third-order valence-corrected chi connectivity index (χ3v) is 5.11. The number of nitrogens with one attached hydrogen (secondary N) is 1. The van der Waals surface area contributed by atoms with Gasteiger partial charge in [-0.1, -0.05) is 26.2 Å². The summed E-state index contributed by atoms with van der Waals surface area (Å²) in [7, 11) is 2.34. The van der Waals surface area contributed by atoms with Crippen molar-refractivity contribution in [3.63, 3.8) is 0 Å². The minimum absolute atomic E-state index is 0.347. The van der Waals surface area contributed by atoms with Crippen LogP contribution in [0.15, 0.2) is 0 Å². The highest BCUT2D eigenvalue weighted by Gasteiger charge is 2.35. The lowest BCUT2D eigenvalue weighted by molar-refractivity contribution is -0.0303. The standard InChI is InChI=1S/C17H34N2O/c1-3-11-18-13-17(10-7-12-20-15-17)14-19(2)16-8-5-4-6-9-16/h16,18H,3-15H2,1-2H3. The Kier molecular flexibility index (Phi) is 6.79. The molecule has 118 valence electrons.